The highest BCUT2D eigenvalue weighted by atomic mass is 16.5. The quantitative estimate of drug-likeness (QED) is 0.779. The molecule has 1 saturated carbocycles. The summed E-state index contributed by atoms with van der Waals surface area (Å²) in [6.07, 6.45) is 0.836. The molecule has 23 heavy (non-hydrogen) atoms. The molecule has 5 nitrogen and oxygen atoms in total. The van der Waals surface area contributed by atoms with Gasteiger partial charge in [0.2, 0.25) is 5.88 Å². The van der Waals surface area contributed by atoms with E-state index in [9.17, 15) is 10.2 Å². The van der Waals surface area contributed by atoms with Crippen LogP contribution in [0.5, 0.6) is 5.88 Å². The summed E-state index contributed by atoms with van der Waals surface area (Å²) in [4.78, 5) is 4.18. The van der Waals surface area contributed by atoms with Crippen LogP contribution in [0.2, 0.25) is 0 Å². The van der Waals surface area contributed by atoms with Crippen LogP contribution >= 0.6 is 0 Å². The molecule has 3 rings (SSSR count). The number of benzene rings is 1. The largest absolute Gasteiger partial charge is 0.481 e. The maximum atomic E-state index is 10.3. The minimum atomic E-state index is -0.772. The average Bonchev–Trinajstić information content (AvgIpc) is 2.89. The lowest BCUT2D eigenvalue weighted by Gasteiger charge is -2.24. The van der Waals surface area contributed by atoms with Crippen molar-refractivity contribution in [1.82, 2.24) is 10.3 Å². The lowest BCUT2D eigenvalue weighted by molar-refractivity contribution is 0.0297. The van der Waals surface area contributed by atoms with Crippen LogP contribution < -0.4 is 10.1 Å². The molecule has 0 amide bonds. The molecule has 5 heteroatoms. The van der Waals surface area contributed by atoms with Gasteiger partial charge in [-0.3, -0.25) is 0 Å². The molecule has 2 aromatic rings. The van der Waals surface area contributed by atoms with Crippen molar-refractivity contribution >= 4 is 0 Å². The monoisotopic (exact) mass is 314 g/mol. The van der Waals surface area contributed by atoms with Gasteiger partial charge < -0.3 is 20.3 Å². The molecule has 0 aliphatic heterocycles. The fourth-order valence-electron chi connectivity index (χ4n) is 3.20. The first-order valence-electron chi connectivity index (χ1n) is 7.82. The van der Waals surface area contributed by atoms with Gasteiger partial charge in [0.1, 0.15) is 0 Å². The second-order valence-corrected chi connectivity index (χ2v) is 5.93. The number of aliphatic hydroxyl groups is 2. The predicted molar refractivity (Wildman–Crippen MR) is 87.2 cm³/mol. The van der Waals surface area contributed by atoms with Crippen molar-refractivity contribution in [3.8, 4) is 5.88 Å². The first-order chi connectivity index (χ1) is 11.2. The van der Waals surface area contributed by atoms with Crippen LogP contribution in [0.15, 0.2) is 48.7 Å². The van der Waals surface area contributed by atoms with Crippen LogP contribution in [0, 0.1) is 0 Å². The Hall–Kier alpha value is -1.95. The van der Waals surface area contributed by atoms with Gasteiger partial charge in [-0.05, 0) is 17.5 Å². The Morgan fingerprint density at radius 2 is 1.96 bits per heavy atom. The Kier molecular flexibility index (Phi) is 4.91. The Morgan fingerprint density at radius 3 is 2.61 bits per heavy atom. The summed E-state index contributed by atoms with van der Waals surface area (Å²) in [7, 11) is 1.58. The summed E-state index contributed by atoms with van der Waals surface area (Å²) in [5.74, 6) is 0.666. The van der Waals surface area contributed by atoms with Gasteiger partial charge in [0.05, 0.1) is 19.3 Å². The lowest BCUT2D eigenvalue weighted by Crippen LogP contribution is -2.41. The molecule has 4 atom stereocenters. The highest BCUT2D eigenvalue weighted by Crippen LogP contribution is 2.35. The van der Waals surface area contributed by atoms with E-state index in [2.05, 4.69) is 10.3 Å². The molecule has 0 spiro atoms. The van der Waals surface area contributed by atoms with E-state index in [1.54, 1.807) is 13.3 Å². The molecule has 0 radical (unpaired) electrons. The van der Waals surface area contributed by atoms with E-state index in [1.807, 2.05) is 42.5 Å². The van der Waals surface area contributed by atoms with E-state index in [0.29, 0.717) is 18.8 Å². The summed E-state index contributed by atoms with van der Waals surface area (Å²) in [6.45, 7) is 0.578. The van der Waals surface area contributed by atoms with Gasteiger partial charge in [-0.25, -0.2) is 4.98 Å². The molecule has 122 valence electrons. The third-order valence-electron chi connectivity index (χ3n) is 4.47. The molecule has 1 aromatic carbocycles. The number of aromatic nitrogens is 1. The number of ether oxygens (including phenoxy) is 1. The molecule has 0 bridgehead atoms. The van der Waals surface area contributed by atoms with Gasteiger partial charge in [-0.2, -0.15) is 0 Å². The number of methoxy groups -OCH3 is 1. The zero-order valence-corrected chi connectivity index (χ0v) is 13.1. The fourth-order valence-corrected chi connectivity index (χ4v) is 3.20. The number of hydrogen-bond acceptors (Lipinski definition) is 5. The molecular weight excluding hydrogens is 292 g/mol. The minimum absolute atomic E-state index is 0.0902. The molecule has 1 aromatic heterocycles. The van der Waals surface area contributed by atoms with Gasteiger partial charge in [0.15, 0.2) is 0 Å². The third-order valence-corrected chi connectivity index (χ3v) is 4.47. The van der Waals surface area contributed by atoms with E-state index in [4.69, 9.17) is 4.74 Å². The number of aliphatic hydroxyl groups excluding tert-OH is 2. The lowest BCUT2D eigenvalue weighted by atomic mass is 9.93. The SMILES string of the molecule is COc1ccc(CN[C@H]2[C@H](O)[C@H](O)C[C@@H]2c2ccccc2)cn1. The summed E-state index contributed by atoms with van der Waals surface area (Å²) in [6, 6.07) is 13.6. The molecule has 1 fully saturated rings. The van der Waals surface area contributed by atoms with Gasteiger partial charge >= 0.3 is 0 Å². The molecule has 1 heterocycles. The molecule has 0 saturated heterocycles. The Morgan fingerprint density at radius 1 is 1.17 bits per heavy atom. The summed E-state index contributed by atoms with van der Waals surface area (Å²) in [5, 5.41) is 23.7. The fraction of sp³-hybridized carbons (Fsp3) is 0.389. The number of hydrogen-bond donors (Lipinski definition) is 3. The molecule has 0 unspecified atom stereocenters. The standard InChI is InChI=1S/C18H22N2O3/c1-23-16-8-7-12(10-19-16)11-20-17-14(9-15(21)18(17)22)13-5-3-2-4-6-13/h2-8,10,14-15,17-18,20-22H,9,11H2,1H3/t14-,15-,17-,18-/m1/s1. The number of nitrogens with zero attached hydrogens (tertiary/aromatic N) is 1. The predicted octanol–water partition coefficient (Wildman–Crippen LogP) is 1.46. The maximum absolute atomic E-state index is 10.3. The van der Waals surface area contributed by atoms with E-state index < -0.39 is 12.2 Å². The second-order valence-electron chi connectivity index (χ2n) is 5.93. The van der Waals surface area contributed by atoms with Crippen molar-refractivity contribution in [2.24, 2.45) is 0 Å². The smallest absolute Gasteiger partial charge is 0.212 e. The zero-order chi connectivity index (χ0) is 16.2. The van der Waals surface area contributed by atoms with Crippen LogP contribution in [0.25, 0.3) is 0 Å². The number of pyridine rings is 1. The van der Waals surface area contributed by atoms with Crippen LogP contribution in [-0.4, -0.2) is 40.6 Å². The van der Waals surface area contributed by atoms with Crippen molar-refractivity contribution < 1.29 is 14.9 Å². The van der Waals surface area contributed by atoms with Gasteiger partial charge in [-0.1, -0.05) is 36.4 Å². The van der Waals surface area contributed by atoms with E-state index in [-0.39, 0.29) is 12.0 Å². The van der Waals surface area contributed by atoms with Crippen LogP contribution in [-0.2, 0) is 6.54 Å². The molecular formula is C18H22N2O3. The van der Waals surface area contributed by atoms with Gasteiger partial charge in [-0.15, -0.1) is 0 Å². The highest BCUT2D eigenvalue weighted by Gasteiger charge is 2.41. The van der Waals surface area contributed by atoms with Crippen molar-refractivity contribution in [3.63, 3.8) is 0 Å². The van der Waals surface area contributed by atoms with Crippen LogP contribution in [0.4, 0.5) is 0 Å². The third kappa shape index (κ3) is 3.52. The van der Waals surface area contributed by atoms with Crippen molar-refractivity contribution in [3.05, 3.63) is 59.8 Å². The first kappa shape index (κ1) is 15.9. The maximum Gasteiger partial charge on any atom is 0.212 e. The van der Waals surface area contributed by atoms with Crippen LogP contribution in [0.3, 0.4) is 0 Å². The van der Waals surface area contributed by atoms with Gasteiger partial charge in [0, 0.05) is 30.8 Å². The molecule has 1 aliphatic rings. The van der Waals surface area contributed by atoms with E-state index in [0.717, 1.165) is 11.1 Å². The van der Waals surface area contributed by atoms with Crippen molar-refractivity contribution in [2.75, 3.05) is 7.11 Å². The van der Waals surface area contributed by atoms with E-state index in [1.165, 1.54) is 0 Å². The number of nitrogens with one attached hydrogen (secondary N) is 1. The topological polar surface area (TPSA) is 74.6 Å². The Labute approximate surface area is 136 Å². The first-order valence-corrected chi connectivity index (χ1v) is 7.82. The normalized spacial score (nSPS) is 27.1. The summed E-state index contributed by atoms with van der Waals surface area (Å²) >= 11 is 0. The van der Waals surface area contributed by atoms with Crippen LogP contribution in [0.1, 0.15) is 23.5 Å². The number of rotatable bonds is 5. The summed E-state index contributed by atoms with van der Waals surface area (Å²) in [5.41, 5.74) is 2.14. The van der Waals surface area contributed by atoms with E-state index >= 15 is 0 Å². The molecule has 1 aliphatic carbocycles. The van der Waals surface area contributed by atoms with Gasteiger partial charge in [0.25, 0.3) is 0 Å². The minimum Gasteiger partial charge on any atom is -0.481 e. The van der Waals surface area contributed by atoms with Crippen molar-refractivity contribution in [1.29, 1.82) is 0 Å². The Balaban J connectivity index is 1.70. The second kappa shape index (κ2) is 7.08. The zero-order valence-electron chi connectivity index (χ0n) is 13.1. The Bertz CT molecular complexity index is 618. The highest BCUT2D eigenvalue weighted by molar-refractivity contribution is 5.25. The molecule has 3 N–H and O–H groups in total. The average molecular weight is 314 g/mol. The summed E-state index contributed by atoms with van der Waals surface area (Å²) < 4.78 is 5.05. The van der Waals surface area contributed by atoms with Crippen molar-refractivity contribution in [2.45, 2.75) is 37.1 Å².